The van der Waals surface area contributed by atoms with Crippen LogP contribution in [0.4, 0.5) is 4.79 Å². The molecule has 232 valence electrons. The minimum atomic E-state index is -0.280. The molecule has 8 heteroatoms. The Labute approximate surface area is 263 Å². The van der Waals surface area contributed by atoms with E-state index in [1.165, 1.54) is 11.1 Å². The maximum atomic E-state index is 12.9. The number of fused-ring (bicyclic) bond motifs is 1. The first-order valence-electron chi connectivity index (χ1n) is 15.8. The van der Waals surface area contributed by atoms with Gasteiger partial charge in [0.05, 0.1) is 17.6 Å². The predicted octanol–water partition coefficient (Wildman–Crippen LogP) is 6.77. The minimum Gasteiger partial charge on any atom is -0.489 e. The van der Waals surface area contributed by atoms with Gasteiger partial charge < -0.3 is 19.4 Å². The van der Waals surface area contributed by atoms with Gasteiger partial charge >= 0.3 is 11.8 Å². The zero-order chi connectivity index (χ0) is 30.8. The number of ether oxygens (including phenoxy) is 2. The van der Waals surface area contributed by atoms with E-state index in [9.17, 15) is 9.59 Å². The number of likely N-dealkylation sites (tertiary alicyclic amines) is 1. The van der Waals surface area contributed by atoms with Gasteiger partial charge in [-0.25, -0.2) is 9.59 Å². The standard InChI is InChI=1S/C37H40N4O4/c42-36-38-34-17-7-8-18-35(34)41(36)32-19-22-40(23-20-32)37(43)44-24-10-21-39(26-29-11-3-1-4-12-29)27-31-15-9-16-33(25-31)45-28-30-13-5-2-6-14-30/h1-9,11-18,25,32H,10,19-24,26-28H2,(H,38,42). The van der Waals surface area contributed by atoms with Crippen molar-refractivity contribution >= 4 is 17.1 Å². The number of hydrogen-bond acceptors (Lipinski definition) is 5. The summed E-state index contributed by atoms with van der Waals surface area (Å²) in [6, 6.07) is 36.7. The molecule has 1 aliphatic heterocycles. The van der Waals surface area contributed by atoms with Crippen molar-refractivity contribution in [2.75, 3.05) is 26.2 Å². The fourth-order valence-electron chi connectivity index (χ4n) is 6.07. The van der Waals surface area contributed by atoms with E-state index >= 15 is 0 Å². The molecular weight excluding hydrogens is 564 g/mol. The summed E-state index contributed by atoms with van der Waals surface area (Å²) in [5.41, 5.74) is 5.21. The third kappa shape index (κ3) is 8.02. The number of piperidine rings is 1. The molecule has 4 aromatic carbocycles. The summed E-state index contributed by atoms with van der Waals surface area (Å²) < 4.78 is 13.6. The van der Waals surface area contributed by atoms with Gasteiger partial charge in [-0.15, -0.1) is 0 Å². The number of amides is 1. The van der Waals surface area contributed by atoms with E-state index in [1.54, 1.807) is 4.90 Å². The Bertz CT molecular complexity index is 1730. The topological polar surface area (TPSA) is 79.8 Å². The van der Waals surface area contributed by atoms with Crippen LogP contribution in [0.1, 0.15) is 42.0 Å². The second kappa shape index (κ2) is 14.8. The molecule has 1 aliphatic rings. The van der Waals surface area contributed by atoms with Crippen LogP contribution in [0.2, 0.25) is 0 Å². The lowest BCUT2D eigenvalue weighted by atomic mass is 10.0. The number of nitrogens with zero attached hydrogens (tertiary/aromatic N) is 3. The van der Waals surface area contributed by atoms with Crippen LogP contribution in [0.5, 0.6) is 5.75 Å². The van der Waals surface area contributed by atoms with Crippen LogP contribution in [0, 0.1) is 0 Å². The van der Waals surface area contributed by atoms with Crippen molar-refractivity contribution < 1.29 is 14.3 Å². The average Bonchev–Trinajstić information content (AvgIpc) is 3.42. The lowest BCUT2D eigenvalue weighted by molar-refractivity contribution is 0.0840. The van der Waals surface area contributed by atoms with Crippen molar-refractivity contribution in [2.45, 2.75) is 45.0 Å². The Morgan fingerprint density at radius 3 is 2.24 bits per heavy atom. The Balaban J connectivity index is 0.995. The Morgan fingerprint density at radius 1 is 0.800 bits per heavy atom. The predicted molar refractivity (Wildman–Crippen MR) is 176 cm³/mol. The van der Waals surface area contributed by atoms with E-state index in [-0.39, 0.29) is 17.8 Å². The number of benzene rings is 4. The monoisotopic (exact) mass is 604 g/mol. The summed E-state index contributed by atoms with van der Waals surface area (Å²) in [5.74, 6) is 0.850. The van der Waals surface area contributed by atoms with Gasteiger partial charge in [0.25, 0.3) is 0 Å². The molecule has 8 nitrogen and oxygen atoms in total. The van der Waals surface area contributed by atoms with Crippen molar-refractivity contribution in [1.82, 2.24) is 19.4 Å². The fourth-order valence-corrected chi connectivity index (χ4v) is 6.07. The summed E-state index contributed by atoms with van der Waals surface area (Å²) in [7, 11) is 0. The number of imidazole rings is 1. The van der Waals surface area contributed by atoms with Crippen LogP contribution in [-0.4, -0.2) is 51.7 Å². The third-order valence-corrected chi connectivity index (χ3v) is 8.36. The van der Waals surface area contributed by atoms with Crippen LogP contribution >= 0.6 is 0 Å². The van der Waals surface area contributed by atoms with E-state index in [0.29, 0.717) is 26.3 Å². The molecule has 2 heterocycles. The summed E-state index contributed by atoms with van der Waals surface area (Å²) in [4.78, 5) is 32.6. The van der Waals surface area contributed by atoms with Crippen LogP contribution in [-0.2, 0) is 24.4 Å². The Kier molecular flexibility index (Phi) is 9.92. The molecule has 0 unspecified atom stereocenters. The van der Waals surface area contributed by atoms with Crippen LogP contribution in [0.3, 0.4) is 0 Å². The van der Waals surface area contributed by atoms with Gasteiger partial charge in [-0.3, -0.25) is 9.47 Å². The maximum Gasteiger partial charge on any atom is 0.409 e. The van der Waals surface area contributed by atoms with Crippen molar-refractivity contribution in [3.63, 3.8) is 0 Å². The molecule has 6 rings (SSSR count). The first-order valence-corrected chi connectivity index (χ1v) is 15.8. The molecule has 1 saturated heterocycles. The average molecular weight is 605 g/mol. The third-order valence-electron chi connectivity index (χ3n) is 8.36. The zero-order valence-electron chi connectivity index (χ0n) is 25.5. The lowest BCUT2D eigenvalue weighted by Crippen LogP contribution is -2.41. The smallest absolute Gasteiger partial charge is 0.409 e. The molecule has 1 aromatic heterocycles. The Hall–Kier alpha value is -4.82. The van der Waals surface area contributed by atoms with E-state index in [0.717, 1.165) is 61.2 Å². The van der Waals surface area contributed by atoms with Crippen molar-refractivity contribution in [1.29, 1.82) is 0 Å². The first-order chi connectivity index (χ1) is 22.1. The molecule has 45 heavy (non-hydrogen) atoms. The number of aromatic nitrogens is 2. The van der Waals surface area contributed by atoms with Gasteiger partial charge in [0.1, 0.15) is 12.4 Å². The van der Waals surface area contributed by atoms with Gasteiger partial charge in [-0.1, -0.05) is 84.9 Å². The fraction of sp³-hybridized carbons (Fsp3) is 0.297. The number of carbonyl (C=O) groups is 1. The molecule has 1 amide bonds. The molecule has 1 fully saturated rings. The second-order valence-electron chi connectivity index (χ2n) is 11.6. The number of carbonyl (C=O) groups excluding carboxylic acids is 1. The molecule has 0 saturated carbocycles. The summed E-state index contributed by atoms with van der Waals surface area (Å²) >= 11 is 0. The van der Waals surface area contributed by atoms with E-state index in [1.807, 2.05) is 65.2 Å². The molecule has 0 atom stereocenters. The van der Waals surface area contributed by atoms with E-state index < -0.39 is 0 Å². The number of aromatic amines is 1. The number of H-pyrrole nitrogens is 1. The molecule has 0 bridgehead atoms. The minimum absolute atomic E-state index is 0.0616. The number of hydrogen-bond donors (Lipinski definition) is 1. The quantitative estimate of drug-likeness (QED) is 0.159. The van der Waals surface area contributed by atoms with E-state index in [4.69, 9.17) is 9.47 Å². The normalized spacial score (nSPS) is 13.8. The summed E-state index contributed by atoms with van der Waals surface area (Å²) in [6.45, 7) is 4.35. The van der Waals surface area contributed by atoms with Gasteiger partial charge in [0, 0.05) is 38.8 Å². The maximum absolute atomic E-state index is 12.9. The highest BCUT2D eigenvalue weighted by atomic mass is 16.6. The molecule has 0 radical (unpaired) electrons. The SMILES string of the molecule is O=C(OCCCN(Cc1ccccc1)Cc1cccc(OCc2ccccc2)c1)N1CCC(n2c(=O)[nH]c3ccccc32)CC1. The number of rotatable bonds is 12. The molecule has 5 aromatic rings. The highest BCUT2D eigenvalue weighted by Crippen LogP contribution is 2.25. The van der Waals surface area contributed by atoms with E-state index in [2.05, 4.69) is 58.4 Å². The van der Waals surface area contributed by atoms with Crippen molar-refractivity contribution in [3.05, 3.63) is 136 Å². The Morgan fingerprint density at radius 2 is 1.47 bits per heavy atom. The van der Waals surface area contributed by atoms with Gasteiger partial charge in [-0.05, 0) is 60.2 Å². The molecule has 0 spiro atoms. The zero-order valence-corrected chi connectivity index (χ0v) is 25.5. The summed E-state index contributed by atoms with van der Waals surface area (Å²) in [5, 5.41) is 0. The van der Waals surface area contributed by atoms with Crippen LogP contribution in [0.15, 0.2) is 114 Å². The molecule has 1 N–H and O–H groups in total. The number of nitrogens with one attached hydrogen (secondary N) is 1. The first kappa shape index (κ1) is 30.2. The van der Waals surface area contributed by atoms with Crippen LogP contribution in [0.25, 0.3) is 11.0 Å². The number of para-hydroxylation sites is 2. The van der Waals surface area contributed by atoms with Gasteiger partial charge in [0.15, 0.2) is 0 Å². The van der Waals surface area contributed by atoms with Crippen LogP contribution < -0.4 is 10.4 Å². The van der Waals surface area contributed by atoms with Crippen molar-refractivity contribution in [2.24, 2.45) is 0 Å². The second-order valence-corrected chi connectivity index (χ2v) is 11.6. The largest absolute Gasteiger partial charge is 0.489 e. The highest BCUT2D eigenvalue weighted by molar-refractivity contribution is 5.75. The van der Waals surface area contributed by atoms with Gasteiger partial charge in [0.2, 0.25) is 0 Å². The van der Waals surface area contributed by atoms with Crippen molar-refractivity contribution in [3.8, 4) is 5.75 Å². The molecule has 0 aliphatic carbocycles. The summed E-state index contributed by atoms with van der Waals surface area (Å²) in [6.07, 6.45) is 1.88. The highest BCUT2D eigenvalue weighted by Gasteiger charge is 2.26. The lowest BCUT2D eigenvalue weighted by Gasteiger charge is -2.32. The van der Waals surface area contributed by atoms with Gasteiger partial charge in [-0.2, -0.15) is 0 Å². The molecular formula is C37H40N4O4.